The Hall–Kier alpha value is -1.91. The average Bonchev–Trinajstić information content (AvgIpc) is 2.95. The maximum atomic E-state index is 6.25. The molecule has 0 bridgehead atoms. The third kappa shape index (κ3) is 2.59. The Morgan fingerprint density at radius 1 is 1.47 bits per heavy atom. The van der Waals surface area contributed by atoms with Gasteiger partial charge in [-0.2, -0.15) is 5.10 Å². The van der Waals surface area contributed by atoms with E-state index in [-0.39, 0.29) is 0 Å². The van der Waals surface area contributed by atoms with Gasteiger partial charge in [0.25, 0.3) is 0 Å². The first kappa shape index (κ1) is 13.5. The van der Waals surface area contributed by atoms with E-state index in [4.69, 9.17) is 10.2 Å². The normalized spacial score (nSPS) is 11.2. The third-order valence-corrected chi connectivity index (χ3v) is 3.24. The molecule has 0 aliphatic rings. The molecule has 19 heavy (non-hydrogen) atoms. The molecule has 104 valence electrons. The van der Waals surface area contributed by atoms with Gasteiger partial charge in [0.1, 0.15) is 5.76 Å². The van der Waals surface area contributed by atoms with Crippen LogP contribution in [0.15, 0.2) is 22.8 Å². The van der Waals surface area contributed by atoms with Crippen molar-refractivity contribution < 1.29 is 4.42 Å². The van der Waals surface area contributed by atoms with Crippen LogP contribution < -0.4 is 10.6 Å². The molecule has 0 atom stereocenters. The fourth-order valence-electron chi connectivity index (χ4n) is 2.28. The predicted molar refractivity (Wildman–Crippen MR) is 77.1 cm³/mol. The number of hydrogen-bond acceptors (Lipinski definition) is 4. The zero-order valence-electron chi connectivity index (χ0n) is 12.1. The van der Waals surface area contributed by atoms with Crippen LogP contribution in [0.2, 0.25) is 0 Å². The Labute approximate surface area is 114 Å². The van der Waals surface area contributed by atoms with Gasteiger partial charge < -0.3 is 15.1 Å². The molecule has 0 spiro atoms. The molecule has 2 rings (SSSR count). The highest BCUT2D eigenvalue weighted by atomic mass is 16.3. The molecule has 0 amide bonds. The Balaban J connectivity index is 2.33. The first-order valence-electron chi connectivity index (χ1n) is 6.64. The van der Waals surface area contributed by atoms with Crippen LogP contribution in [0.1, 0.15) is 38.1 Å². The number of nitrogens with two attached hydrogens (primary N) is 1. The number of hydrogen-bond donors (Lipinski definition) is 1. The highest BCUT2D eigenvalue weighted by Crippen LogP contribution is 2.31. The summed E-state index contributed by atoms with van der Waals surface area (Å²) in [5, 5.41) is 4.53. The zero-order valence-corrected chi connectivity index (χ0v) is 12.1. The Morgan fingerprint density at radius 2 is 2.21 bits per heavy atom. The first-order chi connectivity index (χ1) is 9.04. The number of nitrogen functional groups attached to an aromatic ring is 1. The van der Waals surface area contributed by atoms with Gasteiger partial charge >= 0.3 is 0 Å². The summed E-state index contributed by atoms with van der Waals surface area (Å²) in [6.45, 7) is 7.85. The van der Waals surface area contributed by atoms with E-state index < -0.39 is 0 Å². The highest BCUT2D eigenvalue weighted by Gasteiger charge is 2.20. The number of aryl methyl sites for hydroxylation is 1. The van der Waals surface area contributed by atoms with Crippen molar-refractivity contribution in [3.05, 3.63) is 29.9 Å². The van der Waals surface area contributed by atoms with Crippen LogP contribution in [0.25, 0.3) is 0 Å². The van der Waals surface area contributed by atoms with Gasteiger partial charge in [0, 0.05) is 13.6 Å². The Morgan fingerprint density at radius 3 is 2.68 bits per heavy atom. The molecule has 2 heterocycles. The summed E-state index contributed by atoms with van der Waals surface area (Å²) in [5.74, 6) is 2.21. The topological polar surface area (TPSA) is 60.2 Å². The fourth-order valence-corrected chi connectivity index (χ4v) is 2.28. The van der Waals surface area contributed by atoms with Gasteiger partial charge in [0.2, 0.25) is 0 Å². The summed E-state index contributed by atoms with van der Waals surface area (Å²) in [5.41, 5.74) is 7.98. The van der Waals surface area contributed by atoms with Gasteiger partial charge in [0.15, 0.2) is 5.82 Å². The second-order valence-corrected chi connectivity index (χ2v) is 4.99. The van der Waals surface area contributed by atoms with Crippen LogP contribution in [0.3, 0.4) is 0 Å². The van der Waals surface area contributed by atoms with E-state index in [1.165, 1.54) is 0 Å². The fraction of sp³-hybridized carbons (Fsp3) is 0.500. The van der Waals surface area contributed by atoms with Gasteiger partial charge in [-0.05, 0) is 25.0 Å². The minimum Gasteiger partial charge on any atom is -0.467 e. The molecule has 2 aromatic rings. The van der Waals surface area contributed by atoms with E-state index in [0.717, 1.165) is 29.5 Å². The molecule has 2 N–H and O–H groups in total. The summed E-state index contributed by atoms with van der Waals surface area (Å²) in [6.07, 6.45) is 1.69. The van der Waals surface area contributed by atoms with Crippen LogP contribution in [-0.2, 0) is 13.6 Å². The van der Waals surface area contributed by atoms with Crippen LogP contribution in [0.5, 0.6) is 0 Å². The average molecular weight is 262 g/mol. The van der Waals surface area contributed by atoms with E-state index >= 15 is 0 Å². The molecule has 5 heteroatoms. The summed E-state index contributed by atoms with van der Waals surface area (Å²) < 4.78 is 7.27. The maximum absolute atomic E-state index is 6.25. The van der Waals surface area contributed by atoms with Crippen molar-refractivity contribution in [2.24, 2.45) is 7.05 Å². The molecule has 0 radical (unpaired) electrons. The maximum Gasteiger partial charge on any atom is 0.150 e. The van der Waals surface area contributed by atoms with Crippen molar-refractivity contribution in [3.63, 3.8) is 0 Å². The lowest BCUT2D eigenvalue weighted by atomic mass is 10.1. The van der Waals surface area contributed by atoms with Crippen molar-refractivity contribution in [3.8, 4) is 0 Å². The second kappa shape index (κ2) is 5.38. The molecule has 0 unspecified atom stereocenters. The molecule has 0 fully saturated rings. The van der Waals surface area contributed by atoms with E-state index in [0.29, 0.717) is 12.5 Å². The standard InChI is InChI=1S/C14H22N4O/c1-5-18(9-11-7-6-8-19-11)14-12(15)13(10(2)3)16-17(14)4/h6-8,10H,5,9,15H2,1-4H3. The molecular formula is C14H22N4O. The van der Waals surface area contributed by atoms with Gasteiger partial charge in [-0.15, -0.1) is 0 Å². The van der Waals surface area contributed by atoms with Gasteiger partial charge in [-0.1, -0.05) is 13.8 Å². The minimum atomic E-state index is 0.322. The first-order valence-corrected chi connectivity index (χ1v) is 6.64. The highest BCUT2D eigenvalue weighted by molar-refractivity contribution is 5.67. The lowest BCUT2D eigenvalue weighted by molar-refractivity contribution is 0.501. The van der Waals surface area contributed by atoms with E-state index in [1.807, 2.05) is 23.9 Å². The molecule has 0 aliphatic carbocycles. The van der Waals surface area contributed by atoms with E-state index in [9.17, 15) is 0 Å². The largest absolute Gasteiger partial charge is 0.467 e. The summed E-state index contributed by atoms with van der Waals surface area (Å²) in [7, 11) is 1.93. The van der Waals surface area contributed by atoms with Gasteiger partial charge in [-0.3, -0.25) is 4.68 Å². The molecule has 0 aliphatic heterocycles. The Bertz CT molecular complexity index is 528. The lowest BCUT2D eigenvalue weighted by Gasteiger charge is -2.22. The number of anilines is 2. The van der Waals surface area contributed by atoms with Crippen molar-refractivity contribution >= 4 is 11.5 Å². The molecule has 0 saturated carbocycles. The van der Waals surface area contributed by atoms with Crippen LogP contribution >= 0.6 is 0 Å². The monoisotopic (exact) mass is 262 g/mol. The summed E-state index contributed by atoms with van der Waals surface area (Å²) >= 11 is 0. The van der Waals surface area contributed by atoms with Crippen LogP contribution in [-0.4, -0.2) is 16.3 Å². The number of furan rings is 1. The quantitative estimate of drug-likeness (QED) is 0.900. The SMILES string of the molecule is CCN(Cc1ccco1)c1c(N)c(C(C)C)nn1C. The number of aromatic nitrogens is 2. The van der Waals surface area contributed by atoms with Crippen LogP contribution in [0.4, 0.5) is 11.5 Å². The summed E-state index contributed by atoms with van der Waals surface area (Å²) in [6, 6.07) is 3.87. The summed E-state index contributed by atoms with van der Waals surface area (Å²) in [4.78, 5) is 2.17. The molecular weight excluding hydrogens is 240 g/mol. The molecule has 2 aromatic heterocycles. The lowest BCUT2D eigenvalue weighted by Crippen LogP contribution is -2.25. The van der Waals surface area contributed by atoms with E-state index in [1.54, 1.807) is 6.26 Å². The predicted octanol–water partition coefficient (Wildman–Crippen LogP) is 2.75. The smallest absolute Gasteiger partial charge is 0.150 e. The molecule has 5 nitrogen and oxygen atoms in total. The van der Waals surface area contributed by atoms with Gasteiger partial charge in [0.05, 0.1) is 24.2 Å². The molecule has 0 saturated heterocycles. The second-order valence-electron chi connectivity index (χ2n) is 4.99. The van der Waals surface area contributed by atoms with Crippen molar-refractivity contribution in [1.82, 2.24) is 9.78 Å². The van der Waals surface area contributed by atoms with E-state index in [2.05, 4.69) is 30.8 Å². The minimum absolute atomic E-state index is 0.322. The Kier molecular flexibility index (Phi) is 3.83. The zero-order chi connectivity index (χ0) is 14.0. The number of nitrogens with zero attached hydrogens (tertiary/aromatic N) is 3. The van der Waals surface area contributed by atoms with Crippen molar-refractivity contribution in [2.75, 3.05) is 17.2 Å². The third-order valence-electron chi connectivity index (χ3n) is 3.24. The van der Waals surface area contributed by atoms with Crippen LogP contribution in [0, 0.1) is 0 Å². The van der Waals surface area contributed by atoms with Crippen molar-refractivity contribution in [1.29, 1.82) is 0 Å². The van der Waals surface area contributed by atoms with Crippen molar-refractivity contribution in [2.45, 2.75) is 33.2 Å². The number of rotatable bonds is 5. The molecule has 0 aromatic carbocycles. The van der Waals surface area contributed by atoms with Gasteiger partial charge in [-0.25, -0.2) is 0 Å².